The molecule has 2 amide bonds. The number of hydrogen-bond acceptors (Lipinski definition) is 6. The van der Waals surface area contributed by atoms with E-state index in [1.165, 1.54) is 30.2 Å². The third-order valence-corrected chi connectivity index (χ3v) is 3.79. The van der Waals surface area contributed by atoms with Gasteiger partial charge in [-0.15, -0.1) is 0 Å². The van der Waals surface area contributed by atoms with E-state index in [-0.39, 0.29) is 30.4 Å². The summed E-state index contributed by atoms with van der Waals surface area (Å²) in [6, 6.07) is 10.9. The van der Waals surface area contributed by atoms with Crippen LogP contribution in [0.3, 0.4) is 0 Å². The Bertz CT molecular complexity index is 883. The summed E-state index contributed by atoms with van der Waals surface area (Å²) in [6.45, 7) is -0.463. The van der Waals surface area contributed by atoms with Gasteiger partial charge in [-0.25, -0.2) is 0 Å². The zero-order valence-electron chi connectivity index (χ0n) is 13.8. The minimum atomic E-state index is -0.618. The zero-order valence-corrected chi connectivity index (χ0v) is 13.8. The Hall–Kier alpha value is -3.62. The molecule has 0 aliphatic carbocycles. The number of methoxy groups -OCH3 is 1. The van der Waals surface area contributed by atoms with Crippen molar-refractivity contribution in [3.05, 3.63) is 52.6 Å². The average molecular weight is 357 g/mol. The highest BCUT2D eigenvalue weighted by Gasteiger charge is 2.27. The number of nitrogens with one attached hydrogen (secondary N) is 1. The van der Waals surface area contributed by atoms with Crippen molar-refractivity contribution in [2.24, 2.45) is 0 Å². The van der Waals surface area contributed by atoms with Crippen molar-refractivity contribution in [3.8, 4) is 11.5 Å². The number of benzene rings is 2. The Morgan fingerprint density at radius 1 is 1.35 bits per heavy atom. The fourth-order valence-corrected chi connectivity index (χ4v) is 2.56. The average Bonchev–Trinajstić information content (AvgIpc) is 2.64. The first-order valence-electron chi connectivity index (χ1n) is 7.64. The number of ether oxygens (including phenoxy) is 2. The normalized spacial score (nSPS) is 12.8. The molecule has 0 bridgehead atoms. The number of hydrogen-bond donors (Lipinski definition) is 1. The molecule has 0 spiro atoms. The molecular formula is C17H15N3O6. The van der Waals surface area contributed by atoms with Gasteiger partial charge in [-0.1, -0.05) is 12.1 Å². The summed E-state index contributed by atoms with van der Waals surface area (Å²) in [4.78, 5) is 36.3. The minimum absolute atomic E-state index is 0.0230. The van der Waals surface area contributed by atoms with E-state index >= 15 is 0 Å². The summed E-state index contributed by atoms with van der Waals surface area (Å²) in [5.74, 6) is -0.145. The topological polar surface area (TPSA) is 111 Å². The number of nitro groups is 1. The van der Waals surface area contributed by atoms with Crippen LogP contribution < -0.4 is 19.7 Å². The van der Waals surface area contributed by atoms with E-state index in [2.05, 4.69) is 5.32 Å². The van der Waals surface area contributed by atoms with E-state index in [1.807, 2.05) is 0 Å². The smallest absolute Gasteiger partial charge is 0.296 e. The van der Waals surface area contributed by atoms with E-state index in [1.54, 1.807) is 24.3 Å². The molecule has 0 atom stereocenters. The molecule has 9 nitrogen and oxygen atoms in total. The first-order valence-corrected chi connectivity index (χ1v) is 7.64. The Morgan fingerprint density at radius 3 is 2.85 bits per heavy atom. The highest BCUT2D eigenvalue weighted by molar-refractivity contribution is 6.05. The van der Waals surface area contributed by atoms with Gasteiger partial charge in [0.05, 0.1) is 23.8 Å². The second-order valence-electron chi connectivity index (χ2n) is 5.42. The molecule has 9 heteroatoms. The van der Waals surface area contributed by atoms with Gasteiger partial charge in [-0.05, 0) is 24.3 Å². The van der Waals surface area contributed by atoms with Gasteiger partial charge < -0.3 is 14.8 Å². The van der Waals surface area contributed by atoms with Crippen LogP contribution in [0.5, 0.6) is 11.5 Å². The molecule has 0 aromatic heterocycles. The highest BCUT2D eigenvalue weighted by atomic mass is 16.6. The van der Waals surface area contributed by atoms with Crippen LogP contribution in [0.25, 0.3) is 0 Å². The van der Waals surface area contributed by atoms with Gasteiger partial charge in [0.1, 0.15) is 23.7 Å². The lowest BCUT2D eigenvalue weighted by atomic mass is 10.2. The quantitative estimate of drug-likeness (QED) is 0.647. The lowest BCUT2D eigenvalue weighted by Gasteiger charge is -2.28. The number of nitro benzene ring substituents is 1. The Morgan fingerprint density at radius 2 is 2.12 bits per heavy atom. The van der Waals surface area contributed by atoms with E-state index in [0.717, 1.165) is 0 Å². The Labute approximate surface area is 148 Å². The fraction of sp³-hybridized carbons (Fsp3) is 0.176. The molecule has 0 unspecified atom stereocenters. The highest BCUT2D eigenvalue weighted by Crippen LogP contribution is 2.32. The Balaban J connectivity index is 1.80. The van der Waals surface area contributed by atoms with Gasteiger partial charge in [0.25, 0.3) is 11.6 Å². The van der Waals surface area contributed by atoms with Crippen molar-refractivity contribution in [1.82, 2.24) is 0 Å². The third-order valence-electron chi connectivity index (χ3n) is 3.79. The molecule has 134 valence electrons. The molecule has 0 fully saturated rings. The summed E-state index contributed by atoms with van der Waals surface area (Å²) in [6.07, 6.45) is 0. The van der Waals surface area contributed by atoms with Gasteiger partial charge in [0, 0.05) is 0 Å². The number of nitrogens with zero attached hydrogens (tertiary/aromatic N) is 2. The molecule has 0 radical (unpaired) electrons. The van der Waals surface area contributed by atoms with Crippen LogP contribution in [0.4, 0.5) is 17.1 Å². The van der Waals surface area contributed by atoms with Crippen LogP contribution in [-0.2, 0) is 9.59 Å². The molecule has 1 aliphatic heterocycles. The van der Waals surface area contributed by atoms with E-state index in [9.17, 15) is 19.7 Å². The van der Waals surface area contributed by atoms with E-state index in [0.29, 0.717) is 17.2 Å². The van der Waals surface area contributed by atoms with Gasteiger partial charge in [-0.2, -0.15) is 0 Å². The van der Waals surface area contributed by atoms with Crippen molar-refractivity contribution in [1.29, 1.82) is 0 Å². The maximum absolute atomic E-state index is 12.4. The van der Waals surface area contributed by atoms with Gasteiger partial charge >= 0.3 is 0 Å². The van der Waals surface area contributed by atoms with Crippen LogP contribution in [0.15, 0.2) is 42.5 Å². The standard InChI is InChI=1S/C17H15N3O6/c1-25-11-6-7-12(14(8-11)20(23)24)18-16(21)9-19-13-4-2-3-5-15(13)26-10-17(19)22/h2-8H,9-10H2,1H3,(H,18,21). The molecule has 1 N–H and O–H groups in total. The molecule has 1 aliphatic rings. The predicted molar refractivity (Wildman–Crippen MR) is 92.6 cm³/mol. The van der Waals surface area contributed by atoms with Crippen molar-refractivity contribution in [2.75, 3.05) is 30.5 Å². The number of amides is 2. The summed E-state index contributed by atoms with van der Waals surface area (Å²) < 4.78 is 10.3. The number of carbonyl (C=O) groups excluding carboxylic acids is 2. The maximum Gasteiger partial charge on any atom is 0.296 e. The van der Waals surface area contributed by atoms with Crippen LogP contribution >= 0.6 is 0 Å². The molecule has 1 heterocycles. The molecule has 3 rings (SSSR count). The maximum atomic E-state index is 12.4. The fourth-order valence-electron chi connectivity index (χ4n) is 2.56. The summed E-state index contributed by atoms with van der Waals surface area (Å²) in [5.41, 5.74) is 0.198. The number of fused-ring (bicyclic) bond motifs is 1. The van der Waals surface area contributed by atoms with Crippen molar-refractivity contribution < 1.29 is 24.0 Å². The molecular weight excluding hydrogens is 342 g/mol. The molecule has 2 aromatic rings. The zero-order chi connectivity index (χ0) is 18.7. The lowest BCUT2D eigenvalue weighted by Crippen LogP contribution is -2.43. The number of para-hydroxylation sites is 2. The van der Waals surface area contributed by atoms with Crippen LogP contribution in [-0.4, -0.2) is 37.0 Å². The first kappa shape index (κ1) is 17.2. The van der Waals surface area contributed by atoms with Crippen LogP contribution in [0, 0.1) is 10.1 Å². The lowest BCUT2D eigenvalue weighted by molar-refractivity contribution is -0.384. The van der Waals surface area contributed by atoms with Gasteiger partial charge in [-0.3, -0.25) is 24.6 Å². The molecule has 2 aromatic carbocycles. The minimum Gasteiger partial charge on any atom is -0.496 e. The number of rotatable bonds is 5. The summed E-state index contributed by atoms with van der Waals surface area (Å²) in [5, 5.41) is 13.7. The predicted octanol–water partition coefficient (Wildman–Crippen LogP) is 1.97. The van der Waals surface area contributed by atoms with E-state index in [4.69, 9.17) is 9.47 Å². The molecule has 0 saturated carbocycles. The van der Waals surface area contributed by atoms with E-state index < -0.39 is 10.8 Å². The van der Waals surface area contributed by atoms with Crippen LogP contribution in [0.1, 0.15) is 0 Å². The van der Waals surface area contributed by atoms with Crippen LogP contribution in [0.2, 0.25) is 0 Å². The summed E-state index contributed by atoms with van der Waals surface area (Å²) >= 11 is 0. The first-order chi connectivity index (χ1) is 12.5. The Kier molecular flexibility index (Phi) is 4.70. The summed E-state index contributed by atoms with van der Waals surface area (Å²) in [7, 11) is 1.39. The second kappa shape index (κ2) is 7.09. The third kappa shape index (κ3) is 3.41. The molecule has 26 heavy (non-hydrogen) atoms. The van der Waals surface area contributed by atoms with Gasteiger partial charge in [0.2, 0.25) is 5.91 Å². The molecule has 0 saturated heterocycles. The number of carbonyl (C=O) groups is 2. The monoisotopic (exact) mass is 357 g/mol. The van der Waals surface area contributed by atoms with Crippen molar-refractivity contribution in [2.45, 2.75) is 0 Å². The van der Waals surface area contributed by atoms with Crippen molar-refractivity contribution in [3.63, 3.8) is 0 Å². The largest absolute Gasteiger partial charge is 0.496 e. The second-order valence-corrected chi connectivity index (χ2v) is 5.42. The SMILES string of the molecule is COc1ccc(NC(=O)CN2C(=O)COc3ccccc32)c([N+](=O)[O-])c1. The van der Waals surface area contributed by atoms with Crippen molar-refractivity contribution >= 4 is 28.9 Å². The number of anilines is 2. The van der Waals surface area contributed by atoms with Gasteiger partial charge in [0.15, 0.2) is 6.61 Å².